The zero-order chi connectivity index (χ0) is 15.0. The summed E-state index contributed by atoms with van der Waals surface area (Å²) in [6, 6.07) is 0.959. The molecule has 0 bridgehead atoms. The van der Waals surface area contributed by atoms with E-state index >= 15 is 0 Å². The number of carboxylic acid groups (broad SMARTS) is 1. The average Bonchev–Trinajstić information content (AvgIpc) is 3.00. The van der Waals surface area contributed by atoms with Crippen LogP contribution in [-0.2, 0) is 10.0 Å². The summed E-state index contributed by atoms with van der Waals surface area (Å²) in [5.74, 6) is -1.79. The maximum atomic E-state index is 12.1. The molecule has 0 amide bonds. The Balaban J connectivity index is 2.12. The summed E-state index contributed by atoms with van der Waals surface area (Å²) in [5.41, 5.74) is -0.173. The lowest BCUT2D eigenvalue weighted by molar-refractivity contribution is 0.0661. The average molecular weight is 368 g/mol. The first-order chi connectivity index (χ1) is 9.30. The molecule has 0 radical (unpaired) electrons. The molecule has 1 aliphatic carbocycles. The lowest BCUT2D eigenvalue weighted by Crippen LogP contribution is -2.30. The molecule has 2 rings (SSSR count). The van der Waals surface area contributed by atoms with E-state index in [2.05, 4.69) is 20.7 Å². The van der Waals surface area contributed by atoms with Gasteiger partial charge in [-0.05, 0) is 40.6 Å². The first kappa shape index (κ1) is 15.5. The van der Waals surface area contributed by atoms with E-state index in [-0.39, 0.29) is 28.1 Å². The van der Waals surface area contributed by atoms with E-state index in [1.807, 2.05) is 0 Å². The number of aliphatic hydroxyl groups is 1. The second kappa shape index (κ2) is 5.47. The Bertz CT molecular complexity index is 619. The summed E-state index contributed by atoms with van der Waals surface area (Å²) in [7, 11) is -3.85. The molecule has 0 aliphatic heterocycles. The smallest absolute Gasteiger partial charge is 0.371 e. The van der Waals surface area contributed by atoms with Crippen molar-refractivity contribution in [3.63, 3.8) is 0 Å². The van der Waals surface area contributed by atoms with Gasteiger partial charge in [0.25, 0.3) is 0 Å². The van der Waals surface area contributed by atoms with Crippen molar-refractivity contribution in [1.82, 2.24) is 4.72 Å². The predicted molar refractivity (Wildman–Crippen MR) is 71.9 cm³/mol. The third kappa shape index (κ3) is 3.22. The van der Waals surface area contributed by atoms with Crippen LogP contribution in [0.2, 0.25) is 0 Å². The van der Waals surface area contributed by atoms with Crippen molar-refractivity contribution in [3.05, 3.63) is 16.5 Å². The third-order valence-corrected chi connectivity index (χ3v) is 5.65. The molecule has 1 fully saturated rings. The van der Waals surface area contributed by atoms with E-state index in [1.54, 1.807) is 0 Å². The highest BCUT2D eigenvalue weighted by molar-refractivity contribution is 9.10. The molecule has 1 aromatic heterocycles. The van der Waals surface area contributed by atoms with Crippen molar-refractivity contribution in [1.29, 1.82) is 0 Å². The highest BCUT2D eigenvalue weighted by atomic mass is 79.9. The molecular formula is C11H14BrNO6S. The lowest BCUT2D eigenvalue weighted by atomic mass is 10.0. The topological polar surface area (TPSA) is 117 Å². The maximum Gasteiger partial charge on any atom is 0.371 e. The second-order valence-corrected chi connectivity index (χ2v) is 7.31. The fraction of sp³-hybridized carbons (Fsp3) is 0.545. The van der Waals surface area contributed by atoms with Gasteiger partial charge in [-0.25, -0.2) is 17.9 Å². The van der Waals surface area contributed by atoms with Crippen molar-refractivity contribution in [2.75, 3.05) is 13.2 Å². The summed E-state index contributed by atoms with van der Waals surface area (Å²) in [6.07, 6.45) is 2.27. The van der Waals surface area contributed by atoms with Gasteiger partial charge in [0.2, 0.25) is 15.8 Å². The molecule has 1 aliphatic rings. The highest BCUT2D eigenvalue weighted by Crippen LogP contribution is 2.48. The van der Waals surface area contributed by atoms with Crippen LogP contribution in [0, 0.1) is 5.41 Å². The summed E-state index contributed by atoms with van der Waals surface area (Å²) in [5, 5.41) is 17.7. The van der Waals surface area contributed by atoms with E-state index in [9.17, 15) is 13.2 Å². The van der Waals surface area contributed by atoms with Crippen molar-refractivity contribution < 1.29 is 27.8 Å². The van der Waals surface area contributed by atoms with Crippen LogP contribution in [0.15, 0.2) is 20.0 Å². The van der Waals surface area contributed by atoms with Gasteiger partial charge in [0.15, 0.2) is 4.67 Å². The molecule has 0 unspecified atom stereocenters. The number of aliphatic hydroxyl groups excluding tert-OH is 1. The van der Waals surface area contributed by atoms with Crippen LogP contribution in [0.25, 0.3) is 0 Å². The van der Waals surface area contributed by atoms with E-state index in [1.165, 1.54) is 0 Å². The minimum absolute atomic E-state index is 0.0142. The van der Waals surface area contributed by atoms with Gasteiger partial charge in [-0.15, -0.1) is 0 Å². The van der Waals surface area contributed by atoms with Crippen LogP contribution in [-0.4, -0.2) is 37.8 Å². The number of halogens is 1. The normalized spacial score (nSPS) is 17.1. The van der Waals surface area contributed by atoms with Gasteiger partial charge < -0.3 is 14.6 Å². The Morgan fingerprint density at radius 3 is 2.60 bits per heavy atom. The number of hydrogen-bond donors (Lipinski definition) is 3. The van der Waals surface area contributed by atoms with Gasteiger partial charge in [0.1, 0.15) is 4.90 Å². The monoisotopic (exact) mass is 367 g/mol. The van der Waals surface area contributed by atoms with Crippen molar-refractivity contribution in [3.8, 4) is 0 Å². The maximum absolute atomic E-state index is 12.1. The Labute approximate surface area is 124 Å². The summed E-state index contributed by atoms with van der Waals surface area (Å²) >= 11 is 2.90. The summed E-state index contributed by atoms with van der Waals surface area (Å²) < 4.78 is 31.3. The fourth-order valence-electron chi connectivity index (χ4n) is 1.90. The lowest BCUT2D eigenvalue weighted by Gasteiger charge is -2.14. The Morgan fingerprint density at radius 1 is 1.50 bits per heavy atom. The van der Waals surface area contributed by atoms with Gasteiger partial charge in [-0.1, -0.05) is 0 Å². The molecule has 1 heterocycles. The van der Waals surface area contributed by atoms with Crippen LogP contribution < -0.4 is 4.72 Å². The van der Waals surface area contributed by atoms with Crippen LogP contribution in [0.5, 0.6) is 0 Å². The van der Waals surface area contributed by atoms with Gasteiger partial charge in [-0.2, -0.15) is 0 Å². The van der Waals surface area contributed by atoms with Gasteiger partial charge in [0, 0.05) is 19.2 Å². The summed E-state index contributed by atoms with van der Waals surface area (Å²) in [4.78, 5) is 10.5. The molecule has 112 valence electrons. The molecule has 0 spiro atoms. The molecule has 7 nitrogen and oxygen atoms in total. The number of sulfonamides is 1. The van der Waals surface area contributed by atoms with Crippen molar-refractivity contribution >= 4 is 31.9 Å². The van der Waals surface area contributed by atoms with Crippen LogP contribution in [0.3, 0.4) is 0 Å². The molecule has 0 aromatic carbocycles. The van der Waals surface area contributed by atoms with Crippen LogP contribution in [0.4, 0.5) is 0 Å². The SMILES string of the molecule is O=C(O)c1cc(S(=O)(=O)NCC2(CCO)CC2)c(Br)o1. The molecule has 1 aromatic rings. The molecule has 20 heavy (non-hydrogen) atoms. The van der Waals surface area contributed by atoms with E-state index < -0.39 is 21.8 Å². The van der Waals surface area contributed by atoms with E-state index in [4.69, 9.17) is 14.6 Å². The number of nitrogens with one attached hydrogen (secondary N) is 1. The van der Waals surface area contributed by atoms with Crippen molar-refractivity contribution in [2.24, 2.45) is 5.41 Å². The third-order valence-electron chi connectivity index (χ3n) is 3.39. The minimum atomic E-state index is -3.85. The minimum Gasteiger partial charge on any atom is -0.475 e. The molecule has 1 saturated carbocycles. The zero-order valence-corrected chi connectivity index (χ0v) is 12.8. The fourth-order valence-corrected chi connectivity index (χ4v) is 3.99. The van der Waals surface area contributed by atoms with Gasteiger partial charge >= 0.3 is 5.97 Å². The standard InChI is InChI=1S/C11H14BrNO6S/c12-9-8(5-7(19-9)10(15)16)20(17,18)13-6-11(1-2-11)3-4-14/h5,13-14H,1-4,6H2,(H,15,16). The molecule has 9 heteroatoms. The van der Waals surface area contributed by atoms with E-state index in [0.29, 0.717) is 6.42 Å². The van der Waals surface area contributed by atoms with Crippen molar-refractivity contribution in [2.45, 2.75) is 24.2 Å². The molecule has 0 saturated heterocycles. The number of carboxylic acids is 1. The van der Waals surface area contributed by atoms with E-state index in [0.717, 1.165) is 18.9 Å². The number of furan rings is 1. The first-order valence-electron chi connectivity index (χ1n) is 5.93. The summed E-state index contributed by atoms with van der Waals surface area (Å²) in [6.45, 7) is 0.232. The quantitative estimate of drug-likeness (QED) is 0.666. The molecular weight excluding hydrogens is 354 g/mol. The predicted octanol–water partition coefficient (Wildman–Crippen LogP) is 1.18. The number of aromatic carboxylic acids is 1. The molecule has 0 atom stereocenters. The molecule has 3 N–H and O–H groups in total. The highest BCUT2D eigenvalue weighted by Gasteiger charge is 2.42. The van der Waals surface area contributed by atoms with Crippen LogP contribution >= 0.6 is 15.9 Å². The number of carbonyl (C=O) groups is 1. The van der Waals surface area contributed by atoms with Gasteiger partial charge in [-0.3, -0.25) is 0 Å². The largest absolute Gasteiger partial charge is 0.475 e. The zero-order valence-electron chi connectivity index (χ0n) is 10.4. The second-order valence-electron chi connectivity index (χ2n) is 4.85. The Hall–Kier alpha value is -0.900. The van der Waals surface area contributed by atoms with Crippen LogP contribution in [0.1, 0.15) is 29.8 Å². The number of hydrogen-bond acceptors (Lipinski definition) is 5. The number of rotatable bonds is 7. The first-order valence-corrected chi connectivity index (χ1v) is 8.20. The Morgan fingerprint density at radius 2 is 2.15 bits per heavy atom. The van der Waals surface area contributed by atoms with Gasteiger partial charge in [0.05, 0.1) is 0 Å². The Kier molecular flexibility index (Phi) is 4.24.